The number of benzene rings is 1. The Bertz CT molecular complexity index is 816. The van der Waals surface area contributed by atoms with E-state index >= 15 is 0 Å². The monoisotopic (exact) mass is 341 g/mol. The molecule has 0 unspecified atom stereocenters. The maximum absolute atomic E-state index is 11.5. The molecule has 6 nitrogen and oxygen atoms in total. The summed E-state index contributed by atoms with van der Waals surface area (Å²) in [5.41, 5.74) is 4.33. The van der Waals surface area contributed by atoms with Gasteiger partial charge in [-0.05, 0) is 50.8 Å². The van der Waals surface area contributed by atoms with Gasteiger partial charge in [0.15, 0.2) is 5.82 Å². The molecule has 2 aromatic rings. The van der Waals surface area contributed by atoms with Crippen LogP contribution in [0.4, 0.5) is 5.69 Å². The molecule has 0 aliphatic heterocycles. The second kappa shape index (κ2) is 6.70. The fourth-order valence-corrected chi connectivity index (χ4v) is 3.14. The fraction of sp³-hybridized carbons (Fsp3) is 0.421. The van der Waals surface area contributed by atoms with Crippen LogP contribution in [0.5, 0.6) is 11.6 Å². The Morgan fingerprint density at radius 2 is 1.84 bits per heavy atom. The van der Waals surface area contributed by atoms with Crippen molar-refractivity contribution in [3.8, 4) is 23.0 Å². The van der Waals surface area contributed by atoms with Gasteiger partial charge in [0.1, 0.15) is 11.4 Å². The van der Waals surface area contributed by atoms with E-state index in [1.54, 1.807) is 19.1 Å². The minimum absolute atomic E-state index is 0.218. The van der Waals surface area contributed by atoms with Crippen molar-refractivity contribution in [1.29, 1.82) is 0 Å². The van der Waals surface area contributed by atoms with Crippen LogP contribution in [0.3, 0.4) is 0 Å². The zero-order valence-electron chi connectivity index (χ0n) is 15.3. The van der Waals surface area contributed by atoms with Crippen molar-refractivity contribution >= 4 is 12.1 Å². The highest BCUT2D eigenvalue weighted by atomic mass is 16.5. The van der Waals surface area contributed by atoms with Gasteiger partial charge in [0.2, 0.25) is 12.3 Å². The van der Waals surface area contributed by atoms with Crippen molar-refractivity contribution < 1.29 is 14.3 Å². The first kappa shape index (κ1) is 17.2. The van der Waals surface area contributed by atoms with Crippen LogP contribution in [0.1, 0.15) is 29.7 Å². The molecule has 0 radical (unpaired) electrons. The average molecular weight is 341 g/mol. The lowest BCUT2D eigenvalue weighted by Crippen LogP contribution is -2.25. The van der Waals surface area contributed by atoms with Crippen LogP contribution in [0.25, 0.3) is 11.4 Å². The van der Waals surface area contributed by atoms with E-state index in [1.807, 2.05) is 26.8 Å². The Morgan fingerprint density at radius 1 is 1.12 bits per heavy atom. The predicted octanol–water partition coefficient (Wildman–Crippen LogP) is 3.21. The minimum atomic E-state index is 0.218. The average Bonchev–Trinajstić information content (AvgIpc) is 3.40. The second-order valence-electron chi connectivity index (χ2n) is 6.39. The van der Waals surface area contributed by atoms with Crippen LogP contribution in [-0.2, 0) is 4.79 Å². The quantitative estimate of drug-likeness (QED) is 0.755. The van der Waals surface area contributed by atoms with Gasteiger partial charge in [-0.15, -0.1) is 0 Å². The molecule has 0 saturated heterocycles. The van der Waals surface area contributed by atoms with Crippen LogP contribution in [0, 0.1) is 20.8 Å². The highest BCUT2D eigenvalue weighted by Gasteiger charge is 2.33. The minimum Gasteiger partial charge on any atom is -0.496 e. The maximum atomic E-state index is 11.5. The summed E-state index contributed by atoms with van der Waals surface area (Å²) in [4.78, 5) is 22.5. The molecule has 25 heavy (non-hydrogen) atoms. The predicted molar refractivity (Wildman–Crippen MR) is 96.3 cm³/mol. The van der Waals surface area contributed by atoms with Gasteiger partial charge in [-0.1, -0.05) is 6.07 Å². The number of aryl methyl sites for hydroxylation is 3. The largest absolute Gasteiger partial charge is 0.496 e. The van der Waals surface area contributed by atoms with Gasteiger partial charge in [-0.3, -0.25) is 4.79 Å². The summed E-state index contributed by atoms with van der Waals surface area (Å²) in [6.07, 6.45) is 2.82. The number of anilines is 1. The number of amides is 1. The molecule has 1 aromatic carbocycles. The molecule has 0 atom stereocenters. The van der Waals surface area contributed by atoms with E-state index in [0.29, 0.717) is 23.1 Å². The van der Waals surface area contributed by atoms with Crippen LogP contribution >= 0.6 is 0 Å². The summed E-state index contributed by atoms with van der Waals surface area (Å²) < 4.78 is 11.0. The van der Waals surface area contributed by atoms with Crippen molar-refractivity contribution in [3.05, 3.63) is 29.0 Å². The number of ether oxygens (including phenoxy) is 2. The lowest BCUT2D eigenvalue weighted by atomic mass is 10.0. The SMILES string of the molecule is COc1cc(C)cc(C)c1-c1nc(C)c(N(C=O)C2CC2)c(OC)n1. The number of rotatable bonds is 6. The summed E-state index contributed by atoms with van der Waals surface area (Å²) in [6, 6.07) is 4.25. The van der Waals surface area contributed by atoms with Gasteiger partial charge in [0.25, 0.3) is 0 Å². The lowest BCUT2D eigenvalue weighted by Gasteiger charge is -2.22. The Labute approximate surface area is 147 Å². The van der Waals surface area contributed by atoms with Gasteiger partial charge >= 0.3 is 0 Å². The maximum Gasteiger partial charge on any atom is 0.241 e. The molecule has 1 aromatic heterocycles. The zero-order chi connectivity index (χ0) is 18.1. The summed E-state index contributed by atoms with van der Waals surface area (Å²) in [7, 11) is 3.20. The molecule has 132 valence electrons. The molecule has 1 aliphatic carbocycles. The summed E-state index contributed by atoms with van der Waals surface area (Å²) >= 11 is 0. The highest BCUT2D eigenvalue weighted by molar-refractivity contribution is 5.82. The molecule has 1 aliphatic rings. The van der Waals surface area contributed by atoms with Crippen molar-refractivity contribution in [2.24, 2.45) is 0 Å². The van der Waals surface area contributed by atoms with Crippen LogP contribution in [0.2, 0.25) is 0 Å². The smallest absolute Gasteiger partial charge is 0.241 e. The third kappa shape index (κ3) is 3.16. The number of hydrogen-bond donors (Lipinski definition) is 0. The van der Waals surface area contributed by atoms with Gasteiger partial charge < -0.3 is 14.4 Å². The van der Waals surface area contributed by atoms with E-state index in [2.05, 4.69) is 16.0 Å². The van der Waals surface area contributed by atoms with E-state index in [9.17, 15) is 4.79 Å². The first-order chi connectivity index (χ1) is 12.0. The summed E-state index contributed by atoms with van der Waals surface area (Å²) in [5, 5.41) is 0. The zero-order valence-corrected chi connectivity index (χ0v) is 15.3. The van der Waals surface area contributed by atoms with Crippen molar-refractivity contribution in [2.45, 2.75) is 39.7 Å². The highest BCUT2D eigenvalue weighted by Crippen LogP contribution is 2.39. The Kier molecular flexibility index (Phi) is 4.61. The van der Waals surface area contributed by atoms with Crippen LogP contribution in [-0.4, -0.2) is 36.6 Å². The van der Waals surface area contributed by atoms with Gasteiger partial charge in [-0.2, -0.15) is 4.98 Å². The van der Waals surface area contributed by atoms with Crippen molar-refractivity contribution in [3.63, 3.8) is 0 Å². The molecule has 0 spiro atoms. The lowest BCUT2D eigenvalue weighted by molar-refractivity contribution is -0.107. The van der Waals surface area contributed by atoms with Crippen LogP contribution in [0.15, 0.2) is 12.1 Å². The standard InChI is InChI=1S/C19H23N3O3/c1-11-8-12(2)16(15(9-11)24-4)18-20-13(3)17(19(21-18)25-5)22(10-23)14-6-7-14/h8-10,14H,6-7H2,1-5H3. The Morgan fingerprint density at radius 3 is 2.40 bits per heavy atom. The van der Waals surface area contributed by atoms with Crippen molar-refractivity contribution in [1.82, 2.24) is 9.97 Å². The number of aromatic nitrogens is 2. The molecule has 1 fully saturated rings. The molecule has 6 heteroatoms. The molecule has 0 bridgehead atoms. The van der Waals surface area contributed by atoms with E-state index in [-0.39, 0.29) is 6.04 Å². The van der Waals surface area contributed by atoms with E-state index < -0.39 is 0 Å². The number of methoxy groups -OCH3 is 2. The van der Waals surface area contributed by atoms with E-state index in [1.165, 1.54) is 0 Å². The van der Waals surface area contributed by atoms with E-state index in [4.69, 9.17) is 9.47 Å². The molecular weight excluding hydrogens is 318 g/mol. The van der Waals surface area contributed by atoms with Gasteiger partial charge in [0, 0.05) is 6.04 Å². The number of carbonyl (C=O) groups is 1. The third-order valence-corrected chi connectivity index (χ3v) is 4.42. The number of hydrogen-bond acceptors (Lipinski definition) is 5. The normalized spacial score (nSPS) is 13.5. The summed E-state index contributed by atoms with van der Waals surface area (Å²) in [6.45, 7) is 5.90. The number of nitrogens with zero attached hydrogens (tertiary/aromatic N) is 3. The first-order valence-corrected chi connectivity index (χ1v) is 8.32. The van der Waals surface area contributed by atoms with Gasteiger partial charge in [0.05, 0.1) is 25.5 Å². The van der Waals surface area contributed by atoms with E-state index in [0.717, 1.165) is 41.7 Å². The van der Waals surface area contributed by atoms with Crippen molar-refractivity contribution in [2.75, 3.05) is 19.1 Å². The fourth-order valence-electron chi connectivity index (χ4n) is 3.14. The Balaban J connectivity index is 2.17. The third-order valence-electron chi connectivity index (χ3n) is 4.42. The first-order valence-electron chi connectivity index (χ1n) is 8.32. The number of carbonyl (C=O) groups excluding carboxylic acids is 1. The summed E-state index contributed by atoms with van der Waals surface area (Å²) in [5.74, 6) is 1.67. The van der Waals surface area contributed by atoms with Crippen LogP contribution < -0.4 is 14.4 Å². The van der Waals surface area contributed by atoms with Gasteiger partial charge in [-0.25, -0.2) is 4.98 Å². The topological polar surface area (TPSA) is 64.5 Å². The molecule has 1 saturated carbocycles. The molecule has 1 amide bonds. The molecular formula is C19H23N3O3. The Hall–Kier alpha value is -2.63. The molecule has 0 N–H and O–H groups in total. The molecule has 1 heterocycles. The molecule has 3 rings (SSSR count). The second-order valence-corrected chi connectivity index (χ2v) is 6.39.